The lowest BCUT2D eigenvalue weighted by atomic mass is 9.93. The smallest absolute Gasteiger partial charge is 0.259 e. The van der Waals surface area contributed by atoms with Crippen molar-refractivity contribution < 1.29 is 9.05 Å². The van der Waals surface area contributed by atoms with E-state index >= 15 is 0 Å². The second-order valence-corrected chi connectivity index (χ2v) is 11.5. The van der Waals surface area contributed by atoms with Crippen molar-refractivity contribution >= 4 is 8.53 Å². The van der Waals surface area contributed by atoms with E-state index in [4.69, 9.17) is 9.05 Å². The summed E-state index contributed by atoms with van der Waals surface area (Å²) in [6.07, 6.45) is 6.94. The zero-order valence-corrected chi connectivity index (χ0v) is 23.9. The summed E-state index contributed by atoms with van der Waals surface area (Å²) in [5.41, 5.74) is 7.82. The Morgan fingerprint density at radius 3 is 1.35 bits per heavy atom. The van der Waals surface area contributed by atoms with E-state index < -0.39 is 8.53 Å². The fraction of sp³-hybridized carbons (Fsp3) is 0.600. The van der Waals surface area contributed by atoms with Crippen LogP contribution in [0.1, 0.15) is 106 Å². The number of unbranched alkanes of at least 4 members (excludes halogenated alkanes) is 4. The van der Waals surface area contributed by atoms with Crippen LogP contribution in [0.4, 0.5) is 0 Å². The molecule has 0 heterocycles. The van der Waals surface area contributed by atoms with Gasteiger partial charge in [-0.05, 0) is 65.5 Å². The van der Waals surface area contributed by atoms with E-state index in [1.54, 1.807) is 0 Å². The van der Waals surface area contributed by atoms with Crippen LogP contribution in [0.2, 0.25) is 0 Å². The number of aryl methyl sites for hydroxylation is 4. The Morgan fingerprint density at radius 2 is 1.03 bits per heavy atom. The first-order valence-electron chi connectivity index (χ1n) is 13.3. The van der Waals surface area contributed by atoms with Crippen LogP contribution in [0.15, 0.2) is 36.4 Å². The fourth-order valence-corrected chi connectivity index (χ4v) is 6.32. The molecule has 0 aliphatic rings. The molecule has 0 aliphatic carbocycles. The maximum atomic E-state index is 6.56. The van der Waals surface area contributed by atoms with Crippen LogP contribution in [-0.2, 0) is 9.05 Å². The van der Waals surface area contributed by atoms with Gasteiger partial charge in [0.25, 0.3) is 8.53 Å². The zero-order chi connectivity index (χ0) is 25.1. The average Bonchev–Trinajstić information content (AvgIpc) is 2.75. The summed E-state index contributed by atoms with van der Waals surface area (Å²) in [5, 5.41) is 0. The minimum absolute atomic E-state index is 0.0839. The Hall–Kier alpha value is -1.25. The first-order chi connectivity index (χ1) is 16.3. The van der Waals surface area contributed by atoms with Crippen LogP contribution in [-0.4, -0.2) is 23.9 Å². The Balaban J connectivity index is 2.54. The molecule has 0 N–H and O–H groups in total. The van der Waals surface area contributed by atoms with Crippen molar-refractivity contribution in [2.45, 2.75) is 106 Å². The van der Waals surface area contributed by atoms with E-state index in [1.165, 1.54) is 59.1 Å². The SMILES string of the molecule is CCCCCOP(OCCCCC)N(C(C)C)C(c1cc(C)cc(C)c1)c1cc(C)cc(C)c1. The molecule has 0 radical (unpaired) electrons. The van der Waals surface area contributed by atoms with Crippen molar-refractivity contribution in [2.24, 2.45) is 0 Å². The van der Waals surface area contributed by atoms with Gasteiger partial charge in [-0.15, -0.1) is 0 Å². The Kier molecular flexibility index (Phi) is 12.8. The van der Waals surface area contributed by atoms with E-state index in [2.05, 4.69) is 96.5 Å². The van der Waals surface area contributed by atoms with Crippen LogP contribution >= 0.6 is 8.53 Å². The van der Waals surface area contributed by atoms with Gasteiger partial charge >= 0.3 is 0 Å². The highest BCUT2D eigenvalue weighted by Gasteiger charge is 2.34. The quantitative estimate of drug-likeness (QED) is 0.185. The first kappa shape index (κ1) is 29.0. The topological polar surface area (TPSA) is 21.7 Å². The van der Waals surface area contributed by atoms with Gasteiger partial charge in [-0.2, -0.15) is 0 Å². The highest BCUT2D eigenvalue weighted by Crippen LogP contribution is 2.52. The summed E-state index contributed by atoms with van der Waals surface area (Å²) in [7, 11) is -1.19. The highest BCUT2D eigenvalue weighted by atomic mass is 31.2. The van der Waals surface area contributed by atoms with Crippen molar-refractivity contribution in [3.05, 3.63) is 69.8 Å². The Labute approximate surface area is 211 Å². The fourth-order valence-electron chi connectivity index (χ4n) is 4.57. The van der Waals surface area contributed by atoms with Crippen LogP contribution in [0.3, 0.4) is 0 Å². The molecule has 0 saturated heterocycles. The molecule has 34 heavy (non-hydrogen) atoms. The summed E-state index contributed by atoms with van der Waals surface area (Å²) >= 11 is 0. The molecule has 2 aromatic carbocycles. The molecular weight excluding hydrogens is 437 g/mol. The van der Waals surface area contributed by atoms with Crippen molar-refractivity contribution in [1.82, 2.24) is 4.67 Å². The van der Waals surface area contributed by atoms with Crippen LogP contribution in [0, 0.1) is 27.7 Å². The zero-order valence-electron chi connectivity index (χ0n) is 23.0. The van der Waals surface area contributed by atoms with Gasteiger partial charge < -0.3 is 9.05 Å². The molecule has 190 valence electrons. The molecule has 0 aromatic heterocycles. The Morgan fingerprint density at radius 1 is 0.647 bits per heavy atom. The van der Waals surface area contributed by atoms with E-state index in [1.807, 2.05) is 0 Å². The van der Waals surface area contributed by atoms with Gasteiger partial charge in [0.2, 0.25) is 0 Å². The van der Waals surface area contributed by atoms with Crippen molar-refractivity contribution in [3.8, 4) is 0 Å². The average molecular weight is 486 g/mol. The summed E-state index contributed by atoms with van der Waals surface area (Å²) in [6.45, 7) is 19.3. The van der Waals surface area contributed by atoms with Gasteiger partial charge in [-0.25, -0.2) is 4.67 Å². The van der Waals surface area contributed by atoms with Crippen LogP contribution < -0.4 is 0 Å². The summed E-state index contributed by atoms with van der Waals surface area (Å²) in [6, 6.07) is 14.2. The van der Waals surface area contributed by atoms with Gasteiger partial charge in [0.15, 0.2) is 0 Å². The minimum atomic E-state index is -1.19. The maximum Gasteiger partial charge on any atom is 0.259 e. The van der Waals surface area contributed by atoms with Gasteiger partial charge in [0, 0.05) is 6.04 Å². The van der Waals surface area contributed by atoms with Gasteiger partial charge in [0.1, 0.15) is 0 Å². The molecule has 0 fully saturated rings. The number of rotatable bonds is 15. The number of benzene rings is 2. The van der Waals surface area contributed by atoms with E-state index in [-0.39, 0.29) is 12.1 Å². The van der Waals surface area contributed by atoms with Crippen molar-refractivity contribution in [2.75, 3.05) is 13.2 Å². The number of nitrogens with zero attached hydrogens (tertiary/aromatic N) is 1. The third kappa shape index (κ3) is 9.08. The molecular formula is C30H48NO2P. The predicted molar refractivity (Wildman–Crippen MR) is 149 cm³/mol. The molecule has 4 heteroatoms. The summed E-state index contributed by atoms with van der Waals surface area (Å²) < 4.78 is 15.6. The van der Waals surface area contributed by atoms with Crippen molar-refractivity contribution in [1.29, 1.82) is 0 Å². The molecule has 0 spiro atoms. The maximum absolute atomic E-state index is 6.56. The van der Waals surface area contributed by atoms with Crippen LogP contribution in [0.25, 0.3) is 0 Å². The molecule has 0 unspecified atom stereocenters. The predicted octanol–water partition coefficient (Wildman–Crippen LogP) is 9.36. The number of hydrogen-bond donors (Lipinski definition) is 0. The molecule has 2 aromatic rings. The molecule has 3 nitrogen and oxygen atoms in total. The van der Waals surface area contributed by atoms with Crippen molar-refractivity contribution in [3.63, 3.8) is 0 Å². The van der Waals surface area contributed by atoms with Gasteiger partial charge in [-0.1, -0.05) is 98.2 Å². The second-order valence-electron chi connectivity index (χ2n) is 10.0. The molecule has 0 saturated carbocycles. The van der Waals surface area contributed by atoms with Gasteiger partial charge in [-0.3, -0.25) is 0 Å². The standard InChI is InChI=1S/C30H48NO2P/c1-9-11-13-15-32-34(33-16-14-12-10-2)31(23(3)4)30(28-19-24(5)17-25(6)20-28)29-21-26(7)18-27(8)22-29/h17-23,30H,9-16H2,1-8H3. The lowest BCUT2D eigenvalue weighted by Gasteiger charge is -2.39. The molecule has 0 aliphatic heterocycles. The highest BCUT2D eigenvalue weighted by molar-refractivity contribution is 7.44. The summed E-state index contributed by atoms with van der Waals surface area (Å²) in [5.74, 6) is 0. The Bertz CT molecular complexity index is 763. The molecule has 0 bridgehead atoms. The van der Waals surface area contributed by atoms with E-state index in [9.17, 15) is 0 Å². The lowest BCUT2D eigenvalue weighted by Crippen LogP contribution is -2.33. The number of hydrogen-bond acceptors (Lipinski definition) is 3. The monoisotopic (exact) mass is 485 g/mol. The molecule has 2 rings (SSSR count). The van der Waals surface area contributed by atoms with E-state index in [0.29, 0.717) is 0 Å². The first-order valence-corrected chi connectivity index (χ1v) is 14.4. The second kappa shape index (κ2) is 15.0. The van der Waals surface area contributed by atoms with Crippen LogP contribution in [0.5, 0.6) is 0 Å². The molecule has 0 atom stereocenters. The molecule has 0 amide bonds. The summed E-state index contributed by atoms with van der Waals surface area (Å²) in [4.78, 5) is 0. The van der Waals surface area contributed by atoms with E-state index in [0.717, 1.165) is 26.1 Å². The normalized spacial score (nSPS) is 12.0. The van der Waals surface area contributed by atoms with Gasteiger partial charge in [0.05, 0.1) is 19.3 Å². The third-order valence-electron chi connectivity index (χ3n) is 6.00. The largest absolute Gasteiger partial charge is 0.322 e. The minimum Gasteiger partial charge on any atom is -0.322 e. The lowest BCUT2D eigenvalue weighted by molar-refractivity contribution is 0.171. The third-order valence-corrected chi connectivity index (χ3v) is 7.88.